The van der Waals surface area contributed by atoms with Crippen LogP contribution in [0.25, 0.3) is 0 Å². The van der Waals surface area contributed by atoms with Crippen LogP contribution in [0.4, 0.5) is 5.69 Å². The number of rotatable bonds is 9. The second-order valence-corrected chi connectivity index (χ2v) is 8.02. The van der Waals surface area contributed by atoms with E-state index in [4.69, 9.17) is 4.74 Å². The number of ether oxygens (including phenoxy) is 1. The van der Waals surface area contributed by atoms with Crippen molar-refractivity contribution in [1.82, 2.24) is 14.8 Å². The van der Waals surface area contributed by atoms with Crippen molar-refractivity contribution in [2.24, 2.45) is 5.92 Å². The second kappa shape index (κ2) is 10.3. The zero-order valence-corrected chi connectivity index (χ0v) is 17.2. The van der Waals surface area contributed by atoms with Crippen molar-refractivity contribution in [2.45, 2.75) is 50.2 Å². The summed E-state index contributed by atoms with van der Waals surface area (Å²) in [5.74, 6) is 2.60. The van der Waals surface area contributed by atoms with Crippen molar-refractivity contribution in [3.8, 4) is 5.75 Å². The molecule has 7 heteroatoms. The van der Waals surface area contributed by atoms with E-state index in [1.54, 1.807) is 13.2 Å². The number of hydrogen-bond acceptors (Lipinski definition) is 5. The average molecular weight is 401 g/mol. The van der Waals surface area contributed by atoms with Crippen molar-refractivity contribution in [2.75, 3.05) is 18.2 Å². The Labute approximate surface area is 170 Å². The van der Waals surface area contributed by atoms with Gasteiger partial charge in [0.1, 0.15) is 11.6 Å². The first-order valence-corrected chi connectivity index (χ1v) is 10.8. The molecule has 150 valence electrons. The number of methoxy groups -OCH3 is 1. The number of benzene rings is 1. The fourth-order valence-corrected chi connectivity index (χ4v) is 4.33. The summed E-state index contributed by atoms with van der Waals surface area (Å²) in [5, 5.41) is 12.4. The molecule has 1 aliphatic carbocycles. The second-order valence-electron chi connectivity index (χ2n) is 7.08. The molecule has 0 unspecified atom stereocenters. The highest BCUT2D eigenvalue weighted by atomic mass is 32.2. The summed E-state index contributed by atoms with van der Waals surface area (Å²) < 4.78 is 7.27. The van der Waals surface area contributed by atoms with Crippen molar-refractivity contribution in [3.05, 3.63) is 42.7 Å². The fraction of sp³-hybridized carbons (Fsp3) is 0.476. The van der Waals surface area contributed by atoms with E-state index in [9.17, 15) is 4.79 Å². The van der Waals surface area contributed by atoms with Gasteiger partial charge >= 0.3 is 0 Å². The molecule has 6 nitrogen and oxygen atoms in total. The Morgan fingerprint density at radius 2 is 2.18 bits per heavy atom. The molecule has 1 aromatic carbocycles. The van der Waals surface area contributed by atoms with Gasteiger partial charge in [0.2, 0.25) is 5.91 Å². The molecule has 1 fully saturated rings. The lowest BCUT2D eigenvalue weighted by Gasteiger charge is -2.21. The van der Waals surface area contributed by atoms with Crippen LogP contribution in [0, 0.1) is 5.92 Å². The molecule has 0 radical (unpaired) electrons. The van der Waals surface area contributed by atoms with E-state index in [0.717, 1.165) is 23.1 Å². The number of hydrogen-bond donors (Lipinski definition) is 1. The molecule has 0 aliphatic heterocycles. The van der Waals surface area contributed by atoms with Crippen molar-refractivity contribution >= 4 is 23.4 Å². The predicted octanol–water partition coefficient (Wildman–Crippen LogP) is 4.33. The number of carbonyl (C=O) groups is 1. The Morgan fingerprint density at radius 1 is 1.36 bits per heavy atom. The third-order valence-corrected chi connectivity index (χ3v) is 5.95. The SMILES string of the molecule is C=CCn1c(CC2CCCCC2)nnc1SCC(=O)Nc1cccc(OC)c1. The number of aromatic nitrogens is 3. The van der Waals surface area contributed by atoms with Gasteiger partial charge < -0.3 is 14.6 Å². The predicted molar refractivity (Wildman–Crippen MR) is 113 cm³/mol. The molecule has 28 heavy (non-hydrogen) atoms. The molecular weight excluding hydrogens is 372 g/mol. The molecule has 1 aromatic heterocycles. The van der Waals surface area contributed by atoms with Gasteiger partial charge in [0.25, 0.3) is 0 Å². The standard InChI is InChI=1S/C21H28N4O2S/c1-3-12-25-19(13-16-8-5-4-6-9-16)23-24-21(25)28-15-20(26)22-17-10-7-11-18(14-17)27-2/h3,7,10-11,14,16H,1,4-6,8-9,12-13,15H2,2H3,(H,22,26). The first-order valence-electron chi connectivity index (χ1n) is 9.79. The number of allylic oxidation sites excluding steroid dienone is 1. The van der Waals surface area contributed by atoms with Crippen molar-refractivity contribution in [3.63, 3.8) is 0 Å². The van der Waals surface area contributed by atoms with Crippen molar-refractivity contribution in [1.29, 1.82) is 0 Å². The molecule has 2 aromatic rings. The molecular formula is C21H28N4O2S. The third kappa shape index (κ3) is 5.61. The Bertz CT molecular complexity index is 799. The van der Waals surface area contributed by atoms with Gasteiger partial charge in [-0.15, -0.1) is 16.8 Å². The van der Waals surface area contributed by atoms with Gasteiger partial charge in [0, 0.05) is 24.7 Å². The van der Waals surface area contributed by atoms with Gasteiger partial charge in [-0.25, -0.2) is 0 Å². The highest BCUT2D eigenvalue weighted by molar-refractivity contribution is 7.99. The molecule has 0 spiro atoms. The van der Waals surface area contributed by atoms with Gasteiger partial charge in [-0.1, -0.05) is 56.0 Å². The quantitative estimate of drug-likeness (QED) is 0.501. The molecule has 1 amide bonds. The van der Waals surface area contributed by atoms with Gasteiger partial charge in [-0.05, 0) is 18.1 Å². The van der Waals surface area contributed by atoms with Crippen LogP contribution in [0.1, 0.15) is 37.9 Å². The number of carbonyl (C=O) groups excluding carboxylic acids is 1. The van der Waals surface area contributed by atoms with E-state index in [1.807, 2.05) is 24.3 Å². The summed E-state index contributed by atoms with van der Waals surface area (Å²) in [6.45, 7) is 4.52. The van der Waals surface area contributed by atoms with E-state index >= 15 is 0 Å². The lowest BCUT2D eigenvalue weighted by atomic mass is 9.87. The van der Waals surface area contributed by atoms with Crippen molar-refractivity contribution < 1.29 is 9.53 Å². The average Bonchev–Trinajstić information content (AvgIpc) is 3.09. The fourth-order valence-electron chi connectivity index (χ4n) is 3.57. The Kier molecular flexibility index (Phi) is 7.54. The van der Waals surface area contributed by atoms with Crippen LogP contribution in [0.5, 0.6) is 5.75 Å². The van der Waals surface area contributed by atoms with E-state index < -0.39 is 0 Å². The summed E-state index contributed by atoms with van der Waals surface area (Å²) >= 11 is 1.41. The zero-order valence-electron chi connectivity index (χ0n) is 16.4. The molecule has 1 aliphatic rings. The Morgan fingerprint density at radius 3 is 2.93 bits per heavy atom. The maximum atomic E-state index is 12.3. The maximum absolute atomic E-state index is 12.3. The van der Waals surface area contributed by atoms with Gasteiger partial charge in [0.05, 0.1) is 12.9 Å². The maximum Gasteiger partial charge on any atom is 0.234 e. The van der Waals surface area contributed by atoms with E-state index in [1.165, 1.54) is 43.9 Å². The molecule has 1 saturated carbocycles. The van der Waals surface area contributed by atoms with E-state index in [0.29, 0.717) is 18.2 Å². The first kappa shape index (κ1) is 20.5. The van der Waals surface area contributed by atoms with Crippen LogP contribution >= 0.6 is 11.8 Å². The highest BCUT2D eigenvalue weighted by Crippen LogP contribution is 2.28. The highest BCUT2D eigenvalue weighted by Gasteiger charge is 2.19. The van der Waals surface area contributed by atoms with Crippen LogP contribution in [0.3, 0.4) is 0 Å². The van der Waals surface area contributed by atoms with Crippen LogP contribution in [-0.4, -0.2) is 33.5 Å². The minimum Gasteiger partial charge on any atom is -0.497 e. The van der Waals surface area contributed by atoms with Gasteiger partial charge in [0.15, 0.2) is 5.16 Å². The lowest BCUT2D eigenvalue weighted by molar-refractivity contribution is -0.113. The molecule has 3 rings (SSSR count). The van der Waals surface area contributed by atoms with Crippen LogP contribution < -0.4 is 10.1 Å². The normalized spacial score (nSPS) is 14.6. The number of nitrogens with one attached hydrogen (secondary N) is 1. The number of nitrogens with zero attached hydrogens (tertiary/aromatic N) is 3. The van der Waals surface area contributed by atoms with E-state index in [2.05, 4.69) is 26.7 Å². The monoisotopic (exact) mass is 400 g/mol. The van der Waals surface area contributed by atoms with Crippen LogP contribution in [0.2, 0.25) is 0 Å². The summed E-state index contributed by atoms with van der Waals surface area (Å²) in [5.41, 5.74) is 0.718. The smallest absolute Gasteiger partial charge is 0.234 e. The summed E-state index contributed by atoms with van der Waals surface area (Å²) in [6, 6.07) is 7.33. The molecule has 0 saturated heterocycles. The van der Waals surface area contributed by atoms with Crippen LogP contribution in [-0.2, 0) is 17.8 Å². The Balaban J connectivity index is 1.59. The lowest BCUT2D eigenvalue weighted by Crippen LogP contribution is -2.15. The number of thioether (sulfide) groups is 1. The number of amides is 1. The zero-order chi connectivity index (χ0) is 19.8. The molecule has 0 bridgehead atoms. The third-order valence-electron chi connectivity index (χ3n) is 4.99. The minimum atomic E-state index is -0.0831. The minimum absolute atomic E-state index is 0.0831. The topological polar surface area (TPSA) is 69.0 Å². The van der Waals surface area contributed by atoms with Crippen LogP contribution in [0.15, 0.2) is 42.1 Å². The first-order chi connectivity index (χ1) is 13.7. The van der Waals surface area contributed by atoms with Gasteiger partial charge in [-0.3, -0.25) is 4.79 Å². The largest absolute Gasteiger partial charge is 0.497 e. The summed E-state index contributed by atoms with van der Waals surface area (Å²) in [6.07, 6.45) is 9.32. The summed E-state index contributed by atoms with van der Waals surface area (Å²) in [4.78, 5) is 12.3. The van der Waals surface area contributed by atoms with E-state index in [-0.39, 0.29) is 11.7 Å². The number of anilines is 1. The summed E-state index contributed by atoms with van der Waals surface area (Å²) in [7, 11) is 1.61. The van der Waals surface area contributed by atoms with Gasteiger partial charge in [-0.2, -0.15) is 0 Å². The molecule has 0 atom stereocenters. The molecule has 1 N–H and O–H groups in total. The Hall–Kier alpha value is -2.28. The molecule has 1 heterocycles.